The molecular formula is C20H31N3O4. The predicted molar refractivity (Wildman–Crippen MR) is 106 cm³/mol. The Kier molecular flexibility index (Phi) is 6.55. The molecule has 0 N–H and O–H groups in total. The number of hydrogen-bond donors (Lipinski definition) is 0. The van der Waals surface area contributed by atoms with E-state index < -0.39 is 4.92 Å². The van der Waals surface area contributed by atoms with Crippen LogP contribution < -0.4 is 9.64 Å². The molecule has 27 heavy (non-hydrogen) atoms. The highest BCUT2D eigenvalue weighted by molar-refractivity contribution is 5.59. The lowest BCUT2D eigenvalue weighted by atomic mass is 9.93. The fourth-order valence-electron chi connectivity index (χ4n) is 4.33. The largest absolute Gasteiger partial charge is 0.490 e. The fourth-order valence-corrected chi connectivity index (χ4v) is 4.33. The Hall–Kier alpha value is -1.86. The molecule has 7 heteroatoms. The minimum Gasteiger partial charge on any atom is -0.490 e. The van der Waals surface area contributed by atoms with Crippen LogP contribution >= 0.6 is 0 Å². The van der Waals surface area contributed by atoms with E-state index in [1.54, 1.807) is 12.1 Å². The summed E-state index contributed by atoms with van der Waals surface area (Å²) in [6.07, 6.45) is 4.21. The van der Waals surface area contributed by atoms with Crippen molar-refractivity contribution in [2.24, 2.45) is 5.92 Å². The molecule has 0 aromatic heterocycles. The maximum atomic E-state index is 11.1. The van der Waals surface area contributed by atoms with Crippen LogP contribution in [-0.2, 0) is 4.74 Å². The Balaban J connectivity index is 1.49. The molecule has 2 saturated heterocycles. The van der Waals surface area contributed by atoms with Crippen molar-refractivity contribution in [3.8, 4) is 5.75 Å². The van der Waals surface area contributed by atoms with Gasteiger partial charge in [0.1, 0.15) is 0 Å². The standard InChI is InChI=1S/C20H31N3O4/c1-15-13-21(14-16(2)27-15)9-6-17-7-10-22(11-8-17)18-4-5-19(23(24)25)20(12-18)26-3/h4-5,12,15-17H,6-11,13-14H2,1-3H3. The molecule has 2 unspecified atom stereocenters. The van der Waals surface area contributed by atoms with Crippen molar-refractivity contribution in [3.63, 3.8) is 0 Å². The van der Waals surface area contributed by atoms with Crippen molar-refractivity contribution in [2.75, 3.05) is 44.7 Å². The van der Waals surface area contributed by atoms with Gasteiger partial charge in [-0.05, 0) is 51.6 Å². The molecule has 1 aromatic rings. The Labute approximate surface area is 161 Å². The van der Waals surface area contributed by atoms with Gasteiger partial charge >= 0.3 is 5.69 Å². The average molecular weight is 377 g/mol. The van der Waals surface area contributed by atoms with E-state index in [4.69, 9.17) is 9.47 Å². The molecule has 0 amide bonds. The van der Waals surface area contributed by atoms with Gasteiger partial charge in [-0.15, -0.1) is 0 Å². The highest BCUT2D eigenvalue weighted by atomic mass is 16.6. The zero-order valence-corrected chi connectivity index (χ0v) is 16.6. The zero-order chi connectivity index (χ0) is 19.4. The Bertz CT molecular complexity index is 636. The van der Waals surface area contributed by atoms with Crippen LogP contribution in [0.4, 0.5) is 11.4 Å². The summed E-state index contributed by atoms with van der Waals surface area (Å²) in [5.74, 6) is 1.07. The number of hydrogen-bond acceptors (Lipinski definition) is 6. The summed E-state index contributed by atoms with van der Waals surface area (Å²) >= 11 is 0. The molecule has 2 atom stereocenters. The van der Waals surface area contributed by atoms with Crippen molar-refractivity contribution >= 4 is 11.4 Å². The second-order valence-corrected chi connectivity index (χ2v) is 7.85. The molecule has 3 rings (SSSR count). The van der Waals surface area contributed by atoms with Gasteiger partial charge in [-0.25, -0.2) is 0 Å². The third kappa shape index (κ3) is 5.11. The monoisotopic (exact) mass is 377 g/mol. The fraction of sp³-hybridized carbons (Fsp3) is 0.700. The number of piperidine rings is 1. The maximum Gasteiger partial charge on any atom is 0.311 e. The number of morpholine rings is 1. The first-order valence-electron chi connectivity index (χ1n) is 9.91. The third-order valence-corrected chi connectivity index (χ3v) is 5.69. The number of rotatable bonds is 6. The van der Waals surface area contributed by atoms with Crippen molar-refractivity contribution in [1.82, 2.24) is 4.90 Å². The first-order valence-corrected chi connectivity index (χ1v) is 9.91. The quantitative estimate of drug-likeness (QED) is 0.560. The summed E-state index contributed by atoms with van der Waals surface area (Å²) in [5, 5.41) is 11.1. The van der Waals surface area contributed by atoms with E-state index in [0.717, 1.165) is 57.2 Å². The summed E-state index contributed by atoms with van der Waals surface area (Å²) in [7, 11) is 1.48. The van der Waals surface area contributed by atoms with Crippen molar-refractivity contribution in [2.45, 2.75) is 45.3 Å². The van der Waals surface area contributed by atoms with E-state index in [1.807, 2.05) is 6.07 Å². The second-order valence-electron chi connectivity index (χ2n) is 7.85. The SMILES string of the molecule is COc1cc(N2CCC(CCN3CC(C)OC(C)C3)CC2)ccc1[N+](=O)[O-]. The number of ether oxygens (including phenoxy) is 2. The first kappa shape index (κ1) is 19.9. The van der Waals surface area contributed by atoms with Crippen LogP contribution in [0.3, 0.4) is 0 Å². The average Bonchev–Trinajstić information content (AvgIpc) is 2.65. The highest BCUT2D eigenvalue weighted by Gasteiger charge is 2.25. The van der Waals surface area contributed by atoms with Crippen molar-refractivity contribution < 1.29 is 14.4 Å². The molecule has 0 saturated carbocycles. The molecule has 2 fully saturated rings. The Morgan fingerprint density at radius 1 is 1.22 bits per heavy atom. The van der Waals surface area contributed by atoms with Crippen LogP contribution in [0.5, 0.6) is 5.75 Å². The Morgan fingerprint density at radius 3 is 2.48 bits per heavy atom. The summed E-state index contributed by atoms with van der Waals surface area (Å²) in [4.78, 5) is 15.5. The summed E-state index contributed by atoms with van der Waals surface area (Å²) in [6, 6.07) is 5.16. The minimum atomic E-state index is -0.401. The van der Waals surface area contributed by atoms with E-state index in [0.29, 0.717) is 18.0 Å². The number of nitro benzene ring substituents is 1. The summed E-state index contributed by atoms with van der Waals surface area (Å²) in [6.45, 7) is 9.49. The van der Waals surface area contributed by atoms with Gasteiger partial charge in [-0.1, -0.05) is 0 Å². The third-order valence-electron chi connectivity index (χ3n) is 5.69. The predicted octanol–water partition coefficient (Wildman–Crippen LogP) is 3.32. The molecule has 2 aliphatic rings. The van der Waals surface area contributed by atoms with Gasteiger partial charge in [0, 0.05) is 44.0 Å². The molecule has 1 aromatic carbocycles. The number of methoxy groups -OCH3 is 1. The van der Waals surface area contributed by atoms with E-state index in [1.165, 1.54) is 13.5 Å². The van der Waals surface area contributed by atoms with Gasteiger partial charge in [0.2, 0.25) is 0 Å². The van der Waals surface area contributed by atoms with E-state index >= 15 is 0 Å². The van der Waals surface area contributed by atoms with E-state index in [9.17, 15) is 10.1 Å². The smallest absolute Gasteiger partial charge is 0.311 e. The highest BCUT2D eigenvalue weighted by Crippen LogP contribution is 2.33. The topological polar surface area (TPSA) is 68.1 Å². The lowest BCUT2D eigenvalue weighted by Crippen LogP contribution is -2.46. The molecule has 0 aliphatic carbocycles. The van der Waals surface area contributed by atoms with Crippen LogP contribution in [-0.4, -0.2) is 61.9 Å². The minimum absolute atomic E-state index is 0.0186. The second kappa shape index (κ2) is 8.89. The lowest BCUT2D eigenvalue weighted by molar-refractivity contribution is -0.385. The molecule has 150 valence electrons. The number of anilines is 1. The van der Waals surface area contributed by atoms with Gasteiger partial charge in [-0.2, -0.15) is 0 Å². The molecule has 0 spiro atoms. The van der Waals surface area contributed by atoms with E-state index in [2.05, 4.69) is 23.6 Å². The van der Waals surface area contributed by atoms with Crippen molar-refractivity contribution in [3.05, 3.63) is 28.3 Å². The lowest BCUT2D eigenvalue weighted by Gasteiger charge is -2.37. The van der Waals surface area contributed by atoms with Gasteiger partial charge in [0.15, 0.2) is 5.75 Å². The number of nitro groups is 1. The molecular weight excluding hydrogens is 346 g/mol. The number of benzene rings is 1. The van der Waals surface area contributed by atoms with Crippen LogP contribution in [0.25, 0.3) is 0 Å². The molecule has 2 aliphatic heterocycles. The van der Waals surface area contributed by atoms with Crippen molar-refractivity contribution in [1.29, 1.82) is 0 Å². The Morgan fingerprint density at radius 2 is 1.89 bits per heavy atom. The van der Waals surface area contributed by atoms with Crippen LogP contribution in [0.15, 0.2) is 18.2 Å². The van der Waals surface area contributed by atoms with Gasteiger partial charge in [0.25, 0.3) is 0 Å². The van der Waals surface area contributed by atoms with Gasteiger partial charge in [0.05, 0.1) is 24.2 Å². The van der Waals surface area contributed by atoms with E-state index in [-0.39, 0.29) is 5.69 Å². The van der Waals surface area contributed by atoms with Crippen LogP contribution in [0, 0.1) is 16.0 Å². The first-order chi connectivity index (χ1) is 13.0. The number of nitrogens with zero attached hydrogens (tertiary/aromatic N) is 3. The normalized spacial score (nSPS) is 24.8. The molecule has 0 radical (unpaired) electrons. The summed E-state index contributed by atoms with van der Waals surface area (Å²) < 4.78 is 11.0. The van der Waals surface area contributed by atoms with Gasteiger partial charge < -0.3 is 14.4 Å². The van der Waals surface area contributed by atoms with Gasteiger partial charge in [-0.3, -0.25) is 15.0 Å². The molecule has 7 nitrogen and oxygen atoms in total. The molecule has 0 bridgehead atoms. The summed E-state index contributed by atoms with van der Waals surface area (Å²) in [5.41, 5.74) is 1.02. The molecule has 2 heterocycles. The van der Waals surface area contributed by atoms with Crippen LogP contribution in [0.1, 0.15) is 33.1 Å². The zero-order valence-electron chi connectivity index (χ0n) is 16.6. The maximum absolute atomic E-state index is 11.1. The van der Waals surface area contributed by atoms with Crippen LogP contribution in [0.2, 0.25) is 0 Å².